The fourth-order valence-electron chi connectivity index (χ4n) is 0.577. The minimum Gasteiger partial charge on any atom is -0.231 e. The molecule has 0 aromatic carbocycles. The quantitative estimate of drug-likeness (QED) is 0.581. The topological polar surface area (TPSA) is 25.8 Å². The molecular formula is C7H8ClN2. The van der Waals surface area contributed by atoms with E-state index in [2.05, 4.69) is 16.2 Å². The molecule has 1 radical (unpaired) electrons. The van der Waals surface area contributed by atoms with Crippen molar-refractivity contribution in [1.29, 1.82) is 0 Å². The highest BCUT2D eigenvalue weighted by molar-refractivity contribution is 6.29. The zero-order valence-corrected chi connectivity index (χ0v) is 6.68. The molecule has 53 valence electrons. The predicted molar refractivity (Wildman–Crippen MR) is 40.0 cm³/mol. The van der Waals surface area contributed by atoms with Crippen molar-refractivity contribution >= 4 is 11.6 Å². The third kappa shape index (κ3) is 1.67. The maximum Gasteiger partial charge on any atom is 0.133 e. The average Bonchev–Trinajstić information content (AvgIpc) is 1.88. The Labute approximate surface area is 65.3 Å². The molecule has 1 aromatic rings. The van der Waals surface area contributed by atoms with E-state index in [0.717, 1.165) is 5.82 Å². The van der Waals surface area contributed by atoms with E-state index in [9.17, 15) is 0 Å². The highest BCUT2D eigenvalue weighted by Crippen LogP contribution is 2.09. The van der Waals surface area contributed by atoms with E-state index in [1.165, 1.54) is 0 Å². The summed E-state index contributed by atoms with van der Waals surface area (Å²) in [6.07, 6.45) is 2.67. The summed E-state index contributed by atoms with van der Waals surface area (Å²) in [6, 6.07) is 1.55. The summed E-state index contributed by atoms with van der Waals surface area (Å²) in [7, 11) is 0. The number of hydrogen-bond acceptors (Lipinski definition) is 2. The van der Waals surface area contributed by atoms with Crippen LogP contribution in [0.2, 0.25) is 5.15 Å². The van der Waals surface area contributed by atoms with Gasteiger partial charge in [-0.05, 0) is 0 Å². The van der Waals surface area contributed by atoms with Gasteiger partial charge < -0.3 is 0 Å². The molecule has 0 atom stereocenters. The Hall–Kier alpha value is -0.630. The molecule has 0 bridgehead atoms. The Balaban J connectivity index is 2.96. The standard InChI is InChI=1S/C7H8ClN2/c1-5(2)7-9-4-3-6(8)10-7/h3,5H,1-2H3. The Kier molecular flexibility index (Phi) is 2.22. The molecule has 1 aromatic heterocycles. The van der Waals surface area contributed by atoms with Crippen molar-refractivity contribution in [3.63, 3.8) is 0 Å². The van der Waals surface area contributed by atoms with E-state index in [-0.39, 0.29) is 0 Å². The van der Waals surface area contributed by atoms with Crippen LogP contribution >= 0.6 is 11.6 Å². The molecule has 0 spiro atoms. The van der Waals surface area contributed by atoms with Gasteiger partial charge in [-0.1, -0.05) is 25.4 Å². The first kappa shape index (κ1) is 7.48. The molecule has 0 aliphatic heterocycles. The van der Waals surface area contributed by atoms with Gasteiger partial charge in [0, 0.05) is 12.0 Å². The number of rotatable bonds is 1. The molecule has 0 fully saturated rings. The minimum atomic E-state index is 0.315. The molecule has 0 amide bonds. The van der Waals surface area contributed by atoms with Crippen LogP contribution in [0.15, 0.2) is 6.07 Å². The fourth-order valence-corrected chi connectivity index (χ4v) is 0.712. The van der Waals surface area contributed by atoms with E-state index in [4.69, 9.17) is 11.6 Å². The molecule has 10 heavy (non-hydrogen) atoms. The normalized spacial score (nSPS) is 10.4. The molecular weight excluding hydrogens is 148 g/mol. The van der Waals surface area contributed by atoms with Gasteiger partial charge >= 0.3 is 0 Å². The van der Waals surface area contributed by atoms with Crippen molar-refractivity contribution in [2.24, 2.45) is 0 Å². The summed E-state index contributed by atoms with van der Waals surface area (Å²) in [4.78, 5) is 7.91. The summed E-state index contributed by atoms with van der Waals surface area (Å²) in [5.41, 5.74) is 0. The first-order chi connectivity index (χ1) is 4.70. The SMILES string of the molecule is CC(C)c1n[c]cc(Cl)n1. The van der Waals surface area contributed by atoms with Crippen LogP contribution in [0.5, 0.6) is 0 Å². The van der Waals surface area contributed by atoms with Crippen LogP contribution < -0.4 is 0 Å². The lowest BCUT2D eigenvalue weighted by Gasteiger charge is -2.00. The molecule has 0 N–H and O–H groups in total. The molecule has 0 aliphatic rings. The van der Waals surface area contributed by atoms with E-state index in [1.54, 1.807) is 6.07 Å². The molecule has 1 rings (SSSR count). The largest absolute Gasteiger partial charge is 0.231 e. The summed E-state index contributed by atoms with van der Waals surface area (Å²) in [5.74, 6) is 1.06. The second-order valence-electron chi connectivity index (χ2n) is 2.33. The molecule has 0 saturated heterocycles. The zero-order chi connectivity index (χ0) is 7.56. The van der Waals surface area contributed by atoms with E-state index in [0.29, 0.717) is 11.1 Å². The first-order valence-corrected chi connectivity index (χ1v) is 3.48. The Bertz CT molecular complexity index is 223. The van der Waals surface area contributed by atoms with Crippen molar-refractivity contribution in [2.75, 3.05) is 0 Å². The monoisotopic (exact) mass is 155 g/mol. The third-order valence-electron chi connectivity index (χ3n) is 1.10. The van der Waals surface area contributed by atoms with Gasteiger partial charge in [-0.3, -0.25) is 0 Å². The Morgan fingerprint density at radius 1 is 1.60 bits per heavy atom. The molecule has 0 saturated carbocycles. The summed E-state index contributed by atoms with van der Waals surface area (Å²) in [5, 5.41) is 0.457. The maximum atomic E-state index is 5.61. The molecule has 1 heterocycles. The van der Waals surface area contributed by atoms with Crippen LogP contribution in [0, 0.1) is 6.20 Å². The van der Waals surface area contributed by atoms with Gasteiger partial charge in [0.1, 0.15) is 11.0 Å². The number of halogens is 1. The minimum absolute atomic E-state index is 0.315. The Morgan fingerprint density at radius 3 is 2.70 bits per heavy atom. The van der Waals surface area contributed by atoms with Crippen LogP contribution in [0.3, 0.4) is 0 Å². The molecule has 3 heteroatoms. The second-order valence-corrected chi connectivity index (χ2v) is 2.72. The number of nitrogens with zero attached hydrogens (tertiary/aromatic N) is 2. The van der Waals surface area contributed by atoms with Crippen molar-refractivity contribution in [3.05, 3.63) is 23.2 Å². The lowest BCUT2D eigenvalue weighted by molar-refractivity contribution is 0.772. The average molecular weight is 156 g/mol. The van der Waals surface area contributed by atoms with E-state index >= 15 is 0 Å². The van der Waals surface area contributed by atoms with Gasteiger partial charge in [0.25, 0.3) is 0 Å². The van der Waals surface area contributed by atoms with Crippen LogP contribution in [-0.2, 0) is 0 Å². The zero-order valence-electron chi connectivity index (χ0n) is 5.93. The van der Waals surface area contributed by atoms with E-state index < -0.39 is 0 Å². The van der Waals surface area contributed by atoms with Crippen LogP contribution in [0.4, 0.5) is 0 Å². The van der Waals surface area contributed by atoms with E-state index in [1.807, 2.05) is 13.8 Å². The maximum absolute atomic E-state index is 5.61. The number of aromatic nitrogens is 2. The lowest BCUT2D eigenvalue weighted by Crippen LogP contribution is -1.95. The molecule has 2 nitrogen and oxygen atoms in total. The summed E-state index contributed by atoms with van der Waals surface area (Å²) >= 11 is 5.61. The van der Waals surface area contributed by atoms with Crippen molar-refractivity contribution in [2.45, 2.75) is 19.8 Å². The predicted octanol–water partition coefficient (Wildman–Crippen LogP) is 2.05. The second kappa shape index (κ2) is 2.97. The highest BCUT2D eigenvalue weighted by atomic mass is 35.5. The van der Waals surface area contributed by atoms with Crippen molar-refractivity contribution in [3.8, 4) is 0 Å². The number of hydrogen-bond donors (Lipinski definition) is 0. The van der Waals surface area contributed by atoms with Crippen molar-refractivity contribution < 1.29 is 0 Å². The highest BCUT2D eigenvalue weighted by Gasteiger charge is 2.01. The van der Waals surface area contributed by atoms with Crippen LogP contribution in [0.1, 0.15) is 25.6 Å². The Morgan fingerprint density at radius 2 is 2.30 bits per heavy atom. The van der Waals surface area contributed by atoms with Gasteiger partial charge in [0.15, 0.2) is 0 Å². The van der Waals surface area contributed by atoms with Gasteiger partial charge in [-0.25, -0.2) is 9.97 Å². The first-order valence-electron chi connectivity index (χ1n) is 3.10. The van der Waals surface area contributed by atoms with Gasteiger partial charge in [-0.2, -0.15) is 0 Å². The van der Waals surface area contributed by atoms with Crippen molar-refractivity contribution in [1.82, 2.24) is 9.97 Å². The third-order valence-corrected chi connectivity index (χ3v) is 1.29. The molecule has 0 aliphatic carbocycles. The summed E-state index contributed by atoms with van der Waals surface area (Å²) in [6.45, 7) is 4.03. The lowest BCUT2D eigenvalue weighted by atomic mass is 10.2. The van der Waals surface area contributed by atoms with Crippen LogP contribution in [0.25, 0.3) is 0 Å². The molecule has 0 unspecified atom stereocenters. The van der Waals surface area contributed by atoms with Gasteiger partial charge in [0.2, 0.25) is 0 Å². The van der Waals surface area contributed by atoms with Gasteiger partial charge in [-0.15, -0.1) is 0 Å². The fraction of sp³-hybridized carbons (Fsp3) is 0.429. The smallest absolute Gasteiger partial charge is 0.133 e. The summed E-state index contributed by atoms with van der Waals surface area (Å²) < 4.78 is 0. The van der Waals surface area contributed by atoms with Crippen LogP contribution in [-0.4, -0.2) is 9.97 Å². The van der Waals surface area contributed by atoms with Gasteiger partial charge in [0.05, 0.1) is 6.20 Å².